The van der Waals surface area contributed by atoms with E-state index in [9.17, 15) is 18.0 Å². The van der Waals surface area contributed by atoms with Gasteiger partial charge in [-0.15, -0.1) is 0 Å². The molecule has 2 atom stereocenters. The molecule has 2 unspecified atom stereocenters. The molecular formula is C4H6O9S. The van der Waals surface area contributed by atoms with Crippen LogP contribution >= 0.6 is 0 Å². The van der Waals surface area contributed by atoms with Crippen LogP contribution in [-0.2, 0) is 24.2 Å². The van der Waals surface area contributed by atoms with E-state index in [0.717, 1.165) is 0 Å². The van der Waals surface area contributed by atoms with E-state index in [-0.39, 0.29) is 0 Å². The molecule has 0 aromatic rings. The van der Waals surface area contributed by atoms with E-state index < -0.39 is 34.5 Å². The zero-order valence-corrected chi connectivity index (χ0v) is 7.21. The maximum atomic E-state index is 10.2. The summed E-state index contributed by atoms with van der Waals surface area (Å²) in [4.78, 5) is 20.3. The summed E-state index contributed by atoms with van der Waals surface area (Å²) in [6, 6.07) is 0. The lowest BCUT2D eigenvalue weighted by atomic mass is 10.2. The molecule has 0 saturated carbocycles. The van der Waals surface area contributed by atoms with E-state index in [1.807, 2.05) is 0 Å². The molecule has 0 aliphatic heterocycles. The lowest BCUT2D eigenvalue weighted by Gasteiger charge is -2.13. The van der Waals surface area contributed by atoms with Gasteiger partial charge in [0.1, 0.15) is 0 Å². The molecule has 14 heavy (non-hydrogen) atoms. The predicted octanol–water partition coefficient (Wildman–Crippen LogP) is -2.30. The standard InChI is InChI=1S/C4H6O9S/c5-1(3(6)7)2(4(8)9)13-14(10,11)12/h1-2,5H,(H,6,7)(H,8,9)(H,10,11,12). The summed E-state index contributed by atoms with van der Waals surface area (Å²) < 4.78 is 31.5. The van der Waals surface area contributed by atoms with E-state index in [0.29, 0.717) is 0 Å². The molecule has 0 fully saturated rings. The van der Waals surface area contributed by atoms with E-state index >= 15 is 0 Å². The summed E-state index contributed by atoms with van der Waals surface area (Å²) in [5.74, 6) is -4.04. The quantitative estimate of drug-likeness (QED) is 0.381. The molecule has 0 bridgehead atoms. The molecule has 0 rings (SSSR count). The second-order valence-corrected chi connectivity index (χ2v) is 3.11. The van der Waals surface area contributed by atoms with Crippen molar-refractivity contribution in [1.29, 1.82) is 0 Å². The number of carboxylic acid groups (broad SMARTS) is 2. The van der Waals surface area contributed by atoms with Gasteiger partial charge in [-0.05, 0) is 0 Å². The van der Waals surface area contributed by atoms with Gasteiger partial charge in [0.25, 0.3) is 0 Å². The van der Waals surface area contributed by atoms with Crippen LogP contribution in [0.5, 0.6) is 0 Å². The van der Waals surface area contributed by atoms with Crippen molar-refractivity contribution in [3.05, 3.63) is 0 Å². The van der Waals surface area contributed by atoms with Crippen LogP contribution < -0.4 is 0 Å². The minimum atomic E-state index is -5.15. The molecule has 0 heterocycles. The fourth-order valence-electron chi connectivity index (χ4n) is 0.489. The van der Waals surface area contributed by atoms with Crippen LogP contribution in [-0.4, -0.2) is 52.4 Å². The zero-order valence-electron chi connectivity index (χ0n) is 6.39. The molecule has 0 aliphatic carbocycles. The van der Waals surface area contributed by atoms with Gasteiger partial charge in [-0.3, -0.25) is 4.55 Å². The van der Waals surface area contributed by atoms with Crippen molar-refractivity contribution in [2.24, 2.45) is 0 Å². The molecule has 0 aliphatic rings. The SMILES string of the molecule is O=C(O)C(O)C(OS(=O)(=O)O)C(=O)O. The molecule has 0 aromatic heterocycles. The van der Waals surface area contributed by atoms with E-state index in [1.165, 1.54) is 0 Å². The number of rotatable bonds is 5. The van der Waals surface area contributed by atoms with Crippen LogP contribution in [0, 0.1) is 0 Å². The molecule has 0 saturated heterocycles. The van der Waals surface area contributed by atoms with Crippen LogP contribution in [0.1, 0.15) is 0 Å². The third kappa shape index (κ3) is 4.13. The Morgan fingerprint density at radius 3 is 1.79 bits per heavy atom. The summed E-state index contributed by atoms with van der Waals surface area (Å²) in [7, 11) is -5.15. The molecule has 9 nitrogen and oxygen atoms in total. The number of hydrogen-bond acceptors (Lipinski definition) is 6. The highest BCUT2D eigenvalue weighted by Crippen LogP contribution is 2.04. The lowest BCUT2D eigenvalue weighted by molar-refractivity contribution is -0.163. The first-order valence-electron chi connectivity index (χ1n) is 2.94. The summed E-state index contributed by atoms with van der Waals surface area (Å²) in [6.45, 7) is 0. The van der Waals surface area contributed by atoms with Gasteiger partial charge in [-0.25, -0.2) is 13.8 Å². The van der Waals surface area contributed by atoms with Crippen LogP contribution in [0.3, 0.4) is 0 Å². The van der Waals surface area contributed by atoms with Crippen LogP contribution in [0.4, 0.5) is 0 Å². The summed E-state index contributed by atoms with van der Waals surface area (Å²) in [5.41, 5.74) is 0. The van der Waals surface area contributed by atoms with E-state index in [1.54, 1.807) is 0 Å². The van der Waals surface area contributed by atoms with Crippen molar-refractivity contribution in [2.75, 3.05) is 0 Å². The molecule has 10 heteroatoms. The molecule has 0 aromatic carbocycles. The Kier molecular flexibility index (Phi) is 3.94. The van der Waals surface area contributed by atoms with Crippen LogP contribution in [0.25, 0.3) is 0 Å². The molecule has 4 N–H and O–H groups in total. The predicted molar refractivity (Wildman–Crippen MR) is 37.7 cm³/mol. The zero-order chi connectivity index (χ0) is 11.5. The first-order chi connectivity index (χ1) is 6.15. The Bertz CT molecular complexity index is 329. The Morgan fingerprint density at radius 2 is 1.57 bits per heavy atom. The van der Waals surface area contributed by atoms with Gasteiger partial charge < -0.3 is 15.3 Å². The van der Waals surface area contributed by atoms with Gasteiger partial charge in [-0.1, -0.05) is 0 Å². The van der Waals surface area contributed by atoms with Crippen molar-refractivity contribution < 1.29 is 42.1 Å². The van der Waals surface area contributed by atoms with Crippen molar-refractivity contribution in [3.63, 3.8) is 0 Å². The maximum Gasteiger partial charge on any atom is 0.398 e. The highest BCUT2D eigenvalue weighted by Gasteiger charge is 2.36. The number of carbonyl (C=O) groups is 2. The average Bonchev–Trinajstić information content (AvgIpc) is 1.96. The summed E-state index contributed by atoms with van der Waals surface area (Å²) >= 11 is 0. The molecular weight excluding hydrogens is 224 g/mol. The number of aliphatic hydroxyl groups excluding tert-OH is 1. The molecule has 82 valence electrons. The maximum absolute atomic E-state index is 10.2. The van der Waals surface area contributed by atoms with Gasteiger partial charge >= 0.3 is 22.3 Å². The van der Waals surface area contributed by atoms with Crippen molar-refractivity contribution in [2.45, 2.75) is 12.2 Å². The highest BCUT2D eigenvalue weighted by atomic mass is 32.3. The smallest absolute Gasteiger partial charge is 0.398 e. The second-order valence-electron chi connectivity index (χ2n) is 2.07. The summed E-state index contributed by atoms with van der Waals surface area (Å²) in [6.07, 6.45) is -5.20. The number of aliphatic hydroxyl groups is 1. The van der Waals surface area contributed by atoms with Crippen molar-refractivity contribution >= 4 is 22.3 Å². The Balaban J connectivity index is 4.79. The largest absolute Gasteiger partial charge is 0.479 e. The molecule has 0 radical (unpaired) electrons. The van der Waals surface area contributed by atoms with Crippen LogP contribution in [0.15, 0.2) is 0 Å². The first-order valence-corrected chi connectivity index (χ1v) is 4.31. The van der Waals surface area contributed by atoms with E-state index in [2.05, 4.69) is 4.18 Å². The Hall–Kier alpha value is -1.23. The lowest BCUT2D eigenvalue weighted by Crippen LogP contribution is -2.42. The average molecular weight is 230 g/mol. The van der Waals surface area contributed by atoms with Crippen LogP contribution in [0.2, 0.25) is 0 Å². The highest BCUT2D eigenvalue weighted by molar-refractivity contribution is 7.80. The Morgan fingerprint density at radius 1 is 1.14 bits per heavy atom. The van der Waals surface area contributed by atoms with Crippen molar-refractivity contribution in [1.82, 2.24) is 0 Å². The van der Waals surface area contributed by atoms with Gasteiger partial charge in [0.15, 0.2) is 6.10 Å². The minimum Gasteiger partial charge on any atom is -0.479 e. The minimum absolute atomic E-state index is 2.00. The fourth-order valence-corrected chi connectivity index (χ4v) is 0.939. The number of aliphatic carboxylic acids is 2. The van der Waals surface area contributed by atoms with Crippen molar-refractivity contribution in [3.8, 4) is 0 Å². The third-order valence-electron chi connectivity index (χ3n) is 1.01. The van der Waals surface area contributed by atoms with Gasteiger partial charge in [0, 0.05) is 0 Å². The van der Waals surface area contributed by atoms with Gasteiger partial charge in [-0.2, -0.15) is 8.42 Å². The fraction of sp³-hybridized carbons (Fsp3) is 0.500. The number of carboxylic acids is 2. The molecule has 0 spiro atoms. The Labute approximate surface area is 77.5 Å². The first kappa shape index (κ1) is 12.8. The second kappa shape index (κ2) is 4.32. The monoisotopic (exact) mass is 230 g/mol. The summed E-state index contributed by atoms with van der Waals surface area (Å²) in [5, 5.41) is 25.0. The number of hydrogen-bond donors (Lipinski definition) is 4. The van der Waals surface area contributed by atoms with Gasteiger partial charge in [0.05, 0.1) is 0 Å². The topological polar surface area (TPSA) is 158 Å². The molecule has 0 amide bonds. The van der Waals surface area contributed by atoms with E-state index in [4.69, 9.17) is 19.9 Å². The third-order valence-corrected chi connectivity index (χ3v) is 1.46. The van der Waals surface area contributed by atoms with Gasteiger partial charge in [0.2, 0.25) is 6.10 Å². The normalized spacial score (nSPS) is 15.9.